The van der Waals surface area contributed by atoms with Crippen LogP contribution in [-0.4, -0.2) is 39.2 Å². The third-order valence-corrected chi connectivity index (χ3v) is 3.58. The Morgan fingerprint density at radius 2 is 2.35 bits per heavy atom. The first-order chi connectivity index (χ1) is 9.74. The highest BCUT2D eigenvalue weighted by atomic mass is 16.1. The van der Waals surface area contributed by atoms with Gasteiger partial charge >= 0.3 is 0 Å². The molecule has 0 spiro atoms. The Balaban J connectivity index is 1.74. The molecule has 1 fully saturated rings. The largest absolute Gasteiger partial charge is 0.326 e. The van der Waals surface area contributed by atoms with Gasteiger partial charge < -0.3 is 10.6 Å². The molecule has 1 aliphatic heterocycles. The van der Waals surface area contributed by atoms with Gasteiger partial charge in [0.1, 0.15) is 6.33 Å². The lowest BCUT2D eigenvalue weighted by atomic mass is 9.97. The maximum Gasteiger partial charge on any atom is 0.229 e. The van der Waals surface area contributed by atoms with E-state index in [1.54, 1.807) is 4.68 Å². The number of rotatable bonds is 3. The second-order valence-electron chi connectivity index (χ2n) is 5.04. The van der Waals surface area contributed by atoms with Crippen LogP contribution in [0.15, 0.2) is 30.6 Å². The smallest absolute Gasteiger partial charge is 0.229 e. The number of hydrogen-bond acceptors (Lipinski definition) is 5. The van der Waals surface area contributed by atoms with Gasteiger partial charge in [-0.2, -0.15) is 0 Å². The highest BCUT2D eigenvalue weighted by molar-refractivity contribution is 5.93. The molecule has 1 aromatic carbocycles. The quantitative estimate of drug-likeness (QED) is 0.847. The van der Waals surface area contributed by atoms with E-state index in [4.69, 9.17) is 0 Å². The van der Waals surface area contributed by atoms with Crippen molar-refractivity contribution in [2.24, 2.45) is 11.8 Å². The van der Waals surface area contributed by atoms with Gasteiger partial charge in [0.25, 0.3) is 0 Å². The Bertz CT molecular complexity index is 597. The Labute approximate surface area is 116 Å². The molecule has 3 rings (SSSR count). The maximum absolute atomic E-state index is 12.2. The minimum atomic E-state index is 0.0201. The summed E-state index contributed by atoms with van der Waals surface area (Å²) in [7, 11) is 0. The molecule has 20 heavy (non-hydrogen) atoms. The number of tetrazole rings is 1. The van der Waals surface area contributed by atoms with E-state index in [9.17, 15) is 4.79 Å². The molecule has 0 aliphatic carbocycles. The topological polar surface area (TPSA) is 84.7 Å². The van der Waals surface area contributed by atoms with Gasteiger partial charge in [-0.05, 0) is 41.1 Å². The molecule has 7 nitrogen and oxygen atoms in total. The van der Waals surface area contributed by atoms with Crippen LogP contribution >= 0.6 is 0 Å². The zero-order valence-corrected chi connectivity index (χ0v) is 11.2. The van der Waals surface area contributed by atoms with Crippen molar-refractivity contribution in [2.75, 3.05) is 18.4 Å². The monoisotopic (exact) mass is 272 g/mol. The molecule has 7 heteroatoms. The summed E-state index contributed by atoms with van der Waals surface area (Å²) in [4.78, 5) is 12.2. The van der Waals surface area contributed by atoms with Crippen LogP contribution in [0, 0.1) is 11.8 Å². The predicted octanol–water partition coefficient (Wildman–Crippen LogP) is 0.456. The van der Waals surface area contributed by atoms with E-state index in [0.717, 1.165) is 24.5 Å². The van der Waals surface area contributed by atoms with Crippen molar-refractivity contribution in [3.05, 3.63) is 30.6 Å². The van der Waals surface area contributed by atoms with Crippen molar-refractivity contribution in [1.82, 2.24) is 25.5 Å². The van der Waals surface area contributed by atoms with Gasteiger partial charge in [0.15, 0.2) is 0 Å². The normalized spacial score (nSPS) is 21.9. The molecular formula is C13H16N6O. The average Bonchev–Trinajstić information content (AvgIpc) is 3.09. The van der Waals surface area contributed by atoms with Crippen LogP contribution in [0.1, 0.15) is 6.92 Å². The van der Waals surface area contributed by atoms with Crippen LogP contribution in [0.25, 0.3) is 5.69 Å². The Kier molecular flexibility index (Phi) is 3.42. The molecule has 1 aromatic heterocycles. The Hall–Kier alpha value is -2.28. The highest BCUT2D eigenvalue weighted by Crippen LogP contribution is 2.19. The molecule has 0 radical (unpaired) electrons. The minimum absolute atomic E-state index is 0.0201. The third kappa shape index (κ3) is 2.53. The third-order valence-electron chi connectivity index (χ3n) is 3.58. The summed E-state index contributed by atoms with van der Waals surface area (Å²) < 4.78 is 1.55. The zero-order chi connectivity index (χ0) is 13.9. The molecule has 2 heterocycles. The number of nitrogens with one attached hydrogen (secondary N) is 2. The lowest BCUT2D eigenvalue weighted by Crippen LogP contribution is -2.27. The summed E-state index contributed by atoms with van der Waals surface area (Å²) >= 11 is 0. The molecule has 2 aromatic rings. The molecule has 0 bridgehead atoms. The molecule has 2 atom stereocenters. The first-order valence-electron chi connectivity index (χ1n) is 6.59. The van der Waals surface area contributed by atoms with E-state index in [0.29, 0.717) is 5.92 Å². The van der Waals surface area contributed by atoms with E-state index < -0.39 is 0 Å². The van der Waals surface area contributed by atoms with Gasteiger partial charge in [-0.3, -0.25) is 4.79 Å². The maximum atomic E-state index is 12.2. The van der Waals surface area contributed by atoms with Gasteiger partial charge in [0, 0.05) is 12.2 Å². The number of hydrogen-bond donors (Lipinski definition) is 2. The summed E-state index contributed by atoms with van der Waals surface area (Å²) in [6.45, 7) is 3.71. The summed E-state index contributed by atoms with van der Waals surface area (Å²) in [6, 6.07) is 7.45. The number of carbonyl (C=O) groups is 1. The van der Waals surface area contributed by atoms with Crippen LogP contribution in [0.4, 0.5) is 5.69 Å². The van der Waals surface area contributed by atoms with Crippen molar-refractivity contribution < 1.29 is 4.79 Å². The fourth-order valence-electron chi connectivity index (χ4n) is 2.40. The van der Waals surface area contributed by atoms with Crippen molar-refractivity contribution in [2.45, 2.75) is 6.92 Å². The number of benzene rings is 1. The molecule has 0 saturated carbocycles. The average molecular weight is 272 g/mol. The summed E-state index contributed by atoms with van der Waals surface area (Å²) in [5.41, 5.74) is 1.56. The van der Waals surface area contributed by atoms with Crippen LogP contribution in [-0.2, 0) is 4.79 Å². The lowest BCUT2D eigenvalue weighted by molar-refractivity contribution is -0.120. The summed E-state index contributed by atoms with van der Waals surface area (Å²) in [5, 5.41) is 17.2. The van der Waals surface area contributed by atoms with Gasteiger partial charge in [0.2, 0.25) is 5.91 Å². The second-order valence-corrected chi connectivity index (χ2v) is 5.04. The van der Waals surface area contributed by atoms with E-state index in [2.05, 4.69) is 33.1 Å². The number of nitrogens with zero attached hydrogens (tertiary/aromatic N) is 4. The summed E-state index contributed by atoms with van der Waals surface area (Å²) in [5.74, 6) is 0.431. The molecule has 2 unspecified atom stereocenters. The fourth-order valence-corrected chi connectivity index (χ4v) is 2.40. The van der Waals surface area contributed by atoms with Crippen molar-refractivity contribution in [1.29, 1.82) is 0 Å². The lowest BCUT2D eigenvalue weighted by Gasteiger charge is -2.14. The molecule has 1 amide bonds. The van der Waals surface area contributed by atoms with Crippen LogP contribution in [0.3, 0.4) is 0 Å². The van der Waals surface area contributed by atoms with Gasteiger partial charge in [-0.15, -0.1) is 5.10 Å². The first-order valence-corrected chi connectivity index (χ1v) is 6.59. The van der Waals surface area contributed by atoms with Gasteiger partial charge in [0.05, 0.1) is 11.6 Å². The molecule has 1 saturated heterocycles. The predicted molar refractivity (Wildman–Crippen MR) is 73.3 cm³/mol. The fraction of sp³-hybridized carbons (Fsp3) is 0.385. The van der Waals surface area contributed by atoms with Crippen molar-refractivity contribution in [3.8, 4) is 5.69 Å². The van der Waals surface area contributed by atoms with Gasteiger partial charge in [-0.1, -0.05) is 13.0 Å². The number of carbonyl (C=O) groups excluding carboxylic acids is 1. The van der Waals surface area contributed by atoms with Crippen molar-refractivity contribution >= 4 is 11.6 Å². The van der Waals surface area contributed by atoms with Crippen molar-refractivity contribution in [3.63, 3.8) is 0 Å². The van der Waals surface area contributed by atoms with Crippen LogP contribution < -0.4 is 10.6 Å². The minimum Gasteiger partial charge on any atom is -0.326 e. The van der Waals surface area contributed by atoms with Gasteiger partial charge in [-0.25, -0.2) is 4.68 Å². The SMILES string of the molecule is CC1CNCC1C(=O)Nc1cccc(-n2cnnn2)c1. The molecule has 1 aliphatic rings. The molecular weight excluding hydrogens is 256 g/mol. The number of aromatic nitrogens is 4. The first kappa shape index (κ1) is 12.7. The summed E-state index contributed by atoms with van der Waals surface area (Å²) in [6.07, 6.45) is 1.52. The van der Waals surface area contributed by atoms with E-state index in [1.165, 1.54) is 6.33 Å². The molecule has 104 valence electrons. The number of amides is 1. The second kappa shape index (κ2) is 5.38. The standard InChI is InChI=1S/C13H16N6O/c1-9-6-14-7-12(9)13(20)16-10-3-2-4-11(5-10)19-8-15-17-18-19/h2-5,8-9,12,14H,6-7H2,1H3,(H,16,20). The van der Waals surface area contributed by atoms with E-state index in [1.807, 2.05) is 24.3 Å². The van der Waals surface area contributed by atoms with E-state index in [-0.39, 0.29) is 11.8 Å². The Morgan fingerprint density at radius 3 is 3.05 bits per heavy atom. The number of anilines is 1. The zero-order valence-electron chi connectivity index (χ0n) is 11.2. The Morgan fingerprint density at radius 1 is 1.45 bits per heavy atom. The van der Waals surface area contributed by atoms with Crippen LogP contribution in [0.5, 0.6) is 0 Å². The van der Waals surface area contributed by atoms with Crippen LogP contribution in [0.2, 0.25) is 0 Å². The molecule has 2 N–H and O–H groups in total. The highest BCUT2D eigenvalue weighted by Gasteiger charge is 2.29. The van der Waals surface area contributed by atoms with E-state index >= 15 is 0 Å².